The summed E-state index contributed by atoms with van der Waals surface area (Å²) in [6, 6.07) is 4.18. The predicted molar refractivity (Wildman–Crippen MR) is 71.5 cm³/mol. The minimum absolute atomic E-state index is 0.353. The molecular weight excluding hydrogens is 270 g/mol. The van der Waals surface area contributed by atoms with Crippen molar-refractivity contribution in [3.05, 3.63) is 33.9 Å². The van der Waals surface area contributed by atoms with E-state index in [1.54, 1.807) is 25.3 Å². The standard InChI is InChI=1S/C12H15NO5S/c1-17-7-3-4-8(10(5-7)18-2)12-11(13(15)16)9(14)6-19-12/h3-5,9,11-12,14H,6H2,1-2H3/t9?,11-,12+/m0/s1. The molecule has 0 bridgehead atoms. The van der Waals surface area contributed by atoms with Crippen LogP contribution >= 0.6 is 11.8 Å². The SMILES string of the molecule is COc1ccc([C@H]2SCC(O)[C@@H]2[N+](=O)[O-])c(OC)c1. The molecule has 1 fully saturated rings. The highest BCUT2D eigenvalue weighted by Crippen LogP contribution is 2.45. The van der Waals surface area contributed by atoms with E-state index in [9.17, 15) is 15.2 Å². The van der Waals surface area contributed by atoms with Crippen LogP contribution in [-0.4, -0.2) is 42.1 Å². The van der Waals surface area contributed by atoms with Crippen LogP contribution in [0.25, 0.3) is 0 Å². The third-order valence-corrected chi connectivity index (χ3v) is 4.57. The van der Waals surface area contributed by atoms with Crippen molar-refractivity contribution in [3.63, 3.8) is 0 Å². The molecule has 3 atom stereocenters. The van der Waals surface area contributed by atoms with Gasteiger partial charge in [-0.05, 0) is 6.07 Å². The Morgan fingerprint density at radius 1 is 1.42 bits per heavy atom. The van der Waals surface area contributed by atoms with Crippen molar-refractivity contribution < 1.29 is 19.5 Å². The maximum absolute atomic E-state index is 11.1. The third kappa shape index (κ3) is 2.62. The molecule has 1 N–H and O–H groups in total. The highest BCUT2D eigenvalue weighted by molar-refractivity contribution is 7.99. The summed E-state index contributed by atoms with van der Waals surface area (Å²) in [5, 5.41) is 20.4. The van der Waals surface area contributed by atoms with Crippen molar-refractivity contribution in [1.29, 1.82) is 0 Å². The molecule has 1 aromatic rings. The van der Waals surface area contributed by atoms with Gasteiger partial charge >= 0.3 is 0 Å². The molecule has 1 heterocycles. The Hall–Kier alpha value is -1.47. The molecular formula is C12H15NO5S. The smallest absolute Gasteiger partial charge is 0.255 e. The first-order valence-corrected chi connectivity index (χ1v) is 6.78. The zero-order valence-electron chi connectivity index (χ0n) is 10.6. The Labute approximate surface area is 114 Å². The number of methoxy groups -OCH3 is 2. The van der Waals surface area contributed by atoms with Gasteiger partial charge in [0.1, 0.15) is 22.9 Å². The lowest BCUT2D eigenvalue weighted by molar-refractivity contribution is -0.531. The third-order valence-electron chi connectivity index (χ3n) is 3.14. The second-order valence-electron chi connectivity index (χ2n) is 4.21. The first kappa shape index (κ1) is 14.0. The number of hydrogen-bond donors (Lipinski definition) is 1. The molecule has 1 aliphatic heterocycles. The monoisotopic (exact) mass is 285 g/mol. The molecule has 0 amide bonds. The highest BCUT2D eigenvalue weighted by Gasteiger charge is 2.46. The Morgan fingerprint density at radius 3 is 2.74 bits per heavy atom. The lowest BCUT2D eigenvalue weighted by Crippen LogP contribution is -2.33. The molecule has 104 valence electrons. The van der Waals surface area contributed by atoms with Gasteiger partial charge in [0.2, 0.25) is 0 Å². The van der Waals surface area contributed by atoms with Gasteiger partial charge in [0.05, 0.1) is 14.2 Å². The van der Waals surface area contributed by atoms with Crippen LogP contribution in [0.4, 0.5) is 0 Å². The number of hydrogen-bond acceptors (Lipinski definition) is 6. The fourth-order valence-corrected chi connectivity index (χ4v) is 3.63. The maximum Gasteiger partial charge on any atom is 0.255 e. The number of nitrogens with zero attached hydrogens (tertiary/aromatic N) is 1. The molecule has 1 unspecified atom stereocenters. The Kier molecular flexibility index (Phi) is 4.16. The summed E-state index contributed by atoms with van der Waals surface area (Å²) < 4.78 is 10.4. The van der Waals surface area contributed by atoms with Gasteiger partial charge < -0.3 is 14.6 Å². The largest absolute Gasteiger partial charge is 0.497 e. The van der Waals surface area contributed by atoms with Crippen molar-refractivity contribution in [1.82, 2.24) is 0 Å². The molecule has 0 aromatic heterocycles. The summed E-state index contributed by atoms with van der Waals surface area (Å²) in [5.41, 5.74) is 0.714. The number of aliphatic hydroxyl groups excluding tert-OH is 1. The molecule has 0 spiro atoms. The summed E-state index contributed by atoms with van der Waals surface area (Å²) in [6.45, 7) is 0. The number of ether oxygens (including phenoxy) is 2. The van der Waals surface area contributed by atoms with Crippen LogP contribution in [0.15, 0.2) is 18.2 Å². The molecule has 0 saturated carbocycles. The van der Waals surface area contributed by atoms with Gasteiger partial charge in [-0.3, -0.25) is 10.1 Å². The quantitative estimate of drug-likeness (QED) is 0.667. The van der Waals surface area contributed by atoms with E-state index in [0.717, 1.165) is 0 Å². The van der Waals surface area contributed by atoms with Crippen LogP contribution in [-0.2, 0) is 0 Å². The number of rotatable bonds is 4. The fourth-order valence-electron chi connectivity index (χ4n) is 2.18. The molecule has 1 saturated heterocycles. The predicted octanol–water partition coefficient (Wildman–Crippen LogP) is 1.50. The Morgan fingerprint density at radius 2 is 2.16 bits per heavy atom. The maximum atomic E-state index is 11.1. The average Bonchev–Trinajstić information content (AvgIpc) is 2.79. The van der Waals surface area contributed by atoms with Crippen LogP contribution < -0.4 is 9.47 Å². The van der Waals surface area contributed by atoms with Crippen LogP contribution in [0.1, 0.15) is 10.8 Å². The second-order valence-corrected chi connectivity index (χ2v) is 5.38. The summed E-state index contributed by atoms with van der Waals surface area (Å²) in [6.07, 6.45) is -0.934. The van der Waals surface area contributed by atoms with Gasteiger partial charge in [0.25, 0.3) is 6.04 Å². The van der Waals surface area contributed by atoms with E-state index in [4.69, 9.17) is 9.47 Å². The van der Waals surface area contributed by atoms with E-state index in [1.165, 1.54) is 18.9 Å². The molecule has 19 heavy (non-hydrogen) atoms. The van der Waals surface area contributed by atoms with Gasteiger partial charge in [-0.1, -0.05) is 6.07 Å². The van der Waals surface area contributed by atoms with Crippen LogP contribution in [0.3, 0.4) is 0 Å². The van der Waals surface area contributed by atoms with E-state index in [-0.39, 0.29) is 0 Å². The van der Waals surface area contributed by atoms with Gasteiger partial charge in [-0.15, -0.1) is 11.8 Å². The molecule has 1 aliphatic rings. The summed E-state index contributed by atoms with van der Waals surface area (Å²) >= 11 is 1.37. The fraction of sp³-hybridized carbons (Fsp3) is 0.500. The second kappa shape index (κ2) is 5.66. The van der Waals surface area contributed by atoms with E-state index < -0.39 is 22.3 Å². The van der Waals surface area contributed by atoms with Crippen molar-refractivity contribution in [3.8, 4) is 11.5 Å². The van der Waals surface area contributed by atoms with Gasteiger partial charge in [0.15, 0.2) is 0 Å². The number of benzene rings is 1. The molecule has 7 heteroatoms. The van der Waals surface area contributed by atoms with Gasteiger partial charge in [-0.25, -0.2) is 0 Å². The average molecular weight is 285 g/mol. The summed E-state index contributed by atoms with van der Waals surface area (Å²) in [5.74, 6) is 1.52. The summed E-state index contributed by atoms with van der Waals surface area (Å²) in [4.78, 5) is 10.7. The normalized spacial score (nSPS) is 26.2. The van der Waals surface area contributed by atoms with Crippen molar-refractivity contribution in [2.75, 3.05) is 20.0 Å². The van der Waals surface area contributed by atoms with Crippen LogP contribution in [0.5, 0.6) is 11.5 Å². The van der Waals surface area contributed by atoms with Crippen molar-refractivity contribution in [2.24, 2.45) is 0 Å². The van der Waals surface area contributed by atoms with E-state index in [0.29, 0.717) is 22.8 Å². The topological polar surface area (TPSA) is 81.8 Å². The van der Waals surface area contributed by atoms with E-state index >= 15 is 0 Å². The molecule has 2 rings (SSSR count). The number of thioether (sulfide) groups is 1. The number of nitro groups is 1. The first-order valence-electron chi connectivity index (χ1n) is 5.73. The van der Waals surface area contributed by atoms with E-state index in [2.05, 4.69) is 0 Å². The zero-order valence-corrected chi connectivity index (χ0v) is 11.4. The highest BCUT2D eigenvalue weighted by atomic mass is 32.2. The van der Waals surface area contributed by atoms with Gasteiger partial charge in [0, 0.05) is 22.3 Å². The lowest BCUT2D eigenvalue weighted by Gasteiger charge is -2.17. The first-order chi connectivity index (χ1) is 9.08. The molecule has 6 nitrogen and oxygen atoms in total. The van der Waals surface area contributed by atoms with Crippen molar-refractivity contribution >= 4 is 11.8 Å². The lowest BCUT2D eigenvalue weighted by atomic mass is 10.0. The van der Waals surface area contributed by atoms with Crippen LogP contribution in [0.2, 0.25) is 0 Å². The summed E-state index contributed by atoms with van der Waals surface area (Å²) in [7, 11) is 3.05. The van der Waals surface area contributed by atoms with E-state index in [1.807, 2.05) is 0 Å². The minimum Gasteiger partial charge on any atom is -0.497 e. The zero-order chi connectivity index (χ0) is 14.0. The minimum atomic E-state index is -1.01. The van der Waals surface area contributed by atoms with Gasteiger partial charge in [-0.2, -0.15) is 0 Å². The Bertz CT molecular complexity index is 481. The molecule has 0 aliphatic carbocycles. The number of aliphatic hydroxyl groups is 1. The van der Waals surface area contributed by atoms with Crippen molar-refractivity contribution in [2.45, 2.75) is 17.4 Å². The Balaban J connectivity index is 2.38. The molecule has 0 radical (unpaired) electrons. The van der Waals surface area contributed by atoms with Crippen LogP contribution in [0, 0.1) is 10.1 Å². The molecule has 1 aromatic carbocycles.